The van der Waals surface area contributed by atoms with Crippen LogP contribution in [0.2, 0.25) is 0 Å². The second-order valence-electron chi connectivity index (χ2n) is 4.75. The zero-order valence-electron chi connectivity index (χ0n) is 10.3. The molecule has 1 aromatic heterocycles. The second-order valence-corrected chi connectivity index (χ2v) is 4.75. The lowest BCUT2D eigenvalue weighted by atomic mass is 9.89. The number of carboxylic acid groups (broad SMARTS) is 1. The van der Waals surface area contributed by atoms with E-state index in [0.717, 1.165) is 5.56 Å². The van der Waals surface area contributed by atoms with E-state index in [1.54, 1.807) is 33.2 Å². The number of carbonyl (C=O) groups excluding carboxylic acids is 1. The first-order valence-electron chi connectivity index (χ1n) is 5.31. The molecule has 94 valence electrons. The van der Waals surface area contributed by atoms with E-state index in [2.05, 4.69) is 0 Å². The molecule has 1 rings (SSSR count). The number of furan rings is 1. The van der Waals surface area contributed by atoms with Crippen LogP contribution in [0.3, 0.4) is 0 Å². The minimum atomic E-state index is -1.04. The summed E-state index contributed by atoms with van der Waals surface area (Å²) >= 11 is 0. The first-order chi connectivity index (χ1) is 7.83. The van der Waals surface area contributed by atoms with Gasteiger partial charge in [-0.05, 0) is 19.9 Å². The van der Waals surface area contributed by atoms with Gasteiger partial charge in [-0.25, -0.2) is 0 Å². The molecule has 0 spiro atoms. The molecule has 1 heterocycles. The number of carbonyl (C=O) groups is 2. The topological polar surface area (TPSA) is 70.8 Å². The number of carboxylic acids is 1. The summed E-state index contributed by atoms with van der Waals surface area (Å²) in [6.07, 6.45) is 3.08. The number of aliphatic carboxylic acids is 1. The van der Waals surface area contributed by atoms with E-state index in [4.69, 9.17) is 9.52 Å². The van der Waals surface area contributed by atoms with Crippen molar-refractivity contribution in [3.63, 3.8) is 0 Å². The van der Waals surface area contributed by atoms with Gasteiger partial charge in [-0.2, -0.15) is 0 Å². The summed E-state index contributed by atoms with van der Waals surface area (Å²) in [5.74, 6) is -1.17. The molecule has 0 saturated heterocycles. The Labute approximate surface area is 100 Å². The molecular formula is C12H17NO4. The van der Waals surface area contributed by atoms with E-state index < -0.39 is 11.4 Å². The van der Waals surface area contributed by atoms with Crippen molar-refractivity contribution in [1.82, 2.24) is 4.90 Å². The normalized spacial score (nSPS) is 11.2. The molecule has 0 atom stereocenters. The molecule has 1 aromatic rings. The summed E-state index contributed by atoms with van der Waals surface area (Å²) in [5.41, 5.74) is -0.157. The Kier molecular flexibility index (Phi) is 3.93. The molecule has 0 fully saturated rings. The molecule has 0 aromatic carbocycles. The molecule has 5 heteroatoms. The lowest BCUT2D eigenvalue weighted by Crippen LogP contribution is -2.34. The fraction of sp³-hybridized carbons (Fsp3) is 0.500. The van der Waals surface area contributed by atoms with E-state index >= 15 is 0 Å². The molecule has 1 amide bonds. The number of rotatable bonds is 5. The summed E-state index contributed by atoms with van der Waals surface area (Å²) in [5, 5.41) is 8.94. The number of amides is 1. The average Bonchev–Trinajstić information content (AvgIpc) is 2.69. The molecule has 1 N–H and O–H groups in total. The van der Waals surface area contributed by atoms with Crippen molar-refractivity contribution in [1.29, 1.82) is 0 Å². The van der Waals surface area contributed by atoms with E-state index in [1.165, 1.54) is 11.2 Å². The average molecular weight is 239 g/mol. The fourth-order valence-corrected chi connectivity index (χ4v) is 1.33. The Balaban J connectivity index is 2.56. The number of hydrogen-bond acceptors (Lipinski definition) is 3. The first-order valence-corrected chi connectivity index (χ1v) is 5.31. The first kappa shape index (κ1) is 13.3. The van der Waals surface area contributed by atoms with Crippen molar-refractivity contribution >= 4 is 11.9 Å². The van der Waals surface area contributed by atoms with Crippen LogP contribution >= 0.6 is 0 Å². The minimum Gasteiger partial charge on any atom is -0.481 e. The van der Waals surface area contributed by atoms with Crippen molar-refractivity contribution < 1.29 is 19.1 Å². The largest absolute Gasteiger partial charge is 0.481 e. The van der Waals surface area contributed by atoms with Crippen LogP contribution in [0.25, 0.3) is 0 Å². The van der Waals surface area contributed by atoms with Gasteiger partial charge in [0, 0.05) is 25.6 Å². The maximum atomic E-state index is 11.8. The molecule has 0 aliphatic heterocycles. The van der Waals surface area contributed by atoms with Gasteiger partial charge in [-0.15, -0.1) is 0 Å². The van der Waals surface area contributed by atoms with Gasteiger partial charge in [0.05, 0.1) is 17.9 Å². The third-order valence-electron chi connectivity index (χ3n) is 2.60. The van der Waals surface area contributed by atoms with E-state index in [1.807, 2.05) is 0 Å². The Morgan fingerprint density at radius 1 is 1.47 bits per heavy atom. The van der Waals surface area contributed by atoms with Crippen molar-refractivity contribution in [3.05, 3.63) is 24.2 Å². The van der Waals surface area contributed by atoms with Gasteiger partial charge < -0.3 is 14.4 Å². The minimum absolute atomic E-state index is 0.0172. The van der Waals surface area contributed by atoms with Crippen LogP contribution < -0.4 is 0 Å². The summed E-state index contributed by atoms with van der Waals surface area (Å²) in [6.45, 7) is 3.50. The number of hydrogen-bond donors (Lipinski definition) is 1. The molecule has 0 aliphatic rings. The highest BCUT2D eigenvalue weighted by Gasteiger charge is 2.31. The highest BCUT2D eigenvalue weighted by molar-refractivity contribution is 5.84. The van der Waals surface area contributed by atoms with Crippen LogP contribution in [0.4, 0.5) is 0 Å². The van der Waals surface area contributed by atoms with Gasteiger partial charge in [0.15, 0.2) is 0 Å². The van der Waals surface area contributed by atoms with Crippen LogP contribution in [0.5, 0.6) is 0 Å². The summed E-state index contributed by atoms with van der Waals surface area (Å²) in [7, 11) is 1.65. The van der Waals surface area contributed by atoms with E-state index in [9.17, 15) is 9.59 Å². The van der Waals surface area contributed by atoms with Crippen LogP contribution in [-0.2, 0) is 16.1 Å². The zero-order valence-corrected chi connectivity index (χ0v) is 10.3. The maximum absolute atomic E-state index is 11.8. The van der Waals surface area contributed by atoms with Crippen LogP contribution in [0.1, 0.15) is 25.8 Å². The highest BCUT2D eigenvalue weighted by Crippen LogP contribution is 2.21. The molecule has 0 unspecified atom stereocenters. The maximum Gasteiger partial charge on any atom is 0.309 e. The predicted octanol–water partition coefficient (Wildman–Crippen LogP) is 1.74. The molecule has 5 nitrogen and oxygen atoms in total. The van der Waals surface area contributed by atoms with Crippen LogP contribution in [0, 0.1) is 5.41 Å². The highest BCUT2D eigenvalue weighted by atomic mass is 16.4. The molecule has 0 radical (unpaired) electrons. The van der Waals surface area contributed by atoms with Gasteiger partial charge in [0.25, 0.3) is 0 Å². The Hall–Kier alpha value is -1.78. The van der Waals surface area contributed by atoms with E-state index in [-0.39, 0.29) is 12.3 Å². The molecule has 0 aliphatic carbocycles. The van der Waals surface area contributed by atoms with Crippen molar-refractivity contribution in [2.24, 2.45) is 5.41 Å². The van der Waals surface area contributed by atoms with Gasteiger partial charge in [0.1, 0.15) is 0 Å². The second kappa shape index (κ2) is 5.03. The van der Waals surface area contributed by atoms with Crippen LogP contribution in [0.15, 0.2) is 23.0 Å². The van der Waals surface area contributed by atoms with Crippen molar-refractivity contribution in [3.8, 4) is 0 Å². The molecule has 17 heavy (non-hydrogen) atoms. The SMILES string of the molecule is CN(Cc1ccoc1)C(=O)CC(C)(C)C(=O)O. The lowest BCUT2D eigenvalue weighted by Gasteiger charge is -2.23. The van der Waals surface area contributed by atoms with Gasteiger partial charge >= 0.3 is 5.97 Å². The lowest BCUT2D eigenvalue weighted by molar-refractivity contribution is -0.151. The predicted molar refractivity (Wildman–Crippen MR) is 61.2 cm³/mol. The Morgan fingerprint density at radius 2 is 2.12 bits per heavy atom. The van der Waals surface area contributed by atoms with Crippen LogP contribution in [-0.4, -0.2) is 28.9 Å². The zero-order chi connectivity index (χ0) is 13.1. The van der Waals surface area contributed by atoms with Crippen molar-refractivity contribution in [2.45, 2.75) is 26.8 Å². The standard InChI is InChI=1S/C12H17NO4/c1-12(2,11(15)16)6-10(14)13(3)7-9-4-5-17-8-9/h4-5,8H,6-7H2,1-3H3,(H,15,16). The monoisotopic (exact) mass is 239 g/mol. The summed E-state index contributed by atoms with van der Waals surface area (Å²) in [6, 6.07) is 1.77. The number of nitrogens with zero attached hydrogens (tertiary/aromatic N) is 1. The molecular weight excluding hydrogens is 222 g/mol. The Morgan fingerprint density at radius 3 is 2.59 bits per heavy atom. The summed E-state index contributed by atoms with van der Waals surface area (Å²) in [4.78, 5) is 24.2. The van der Waals surface area contributed by atoms with Crippen molar-refractivity contribution in [2.75, 3.05) is 7.05 Å². The van der Waals surface area contributed by atoms with Gasteiger partial charge in [-0.3, -0.25) is 9.59 Å². The van der Waals surface area contributed by atoms with Gasteiger partial charge in [0.2, 0.25) is 5.91 Å². The Bertz CT molecular complexity index is 395. The van der Waals surface area contributed by atoms with Gasteiger partial charge in [-0.1, -0.05) is 0 Å². The third-order valence-corrected chi connectivity index (χ3v) is 2.60. The third kappa shape index (κ3) is 3.62. The van der Waals surface area contributed by atoms with E-state index in [0.29, 0.717) is 6.54 Å². The summed E-state index contributed by atoms with van der Waals surface area (Å²) < 4.78 is 4.90. The molecule has 0 saturated carbocycles. The fourth-order valence-electron chi connectivity index (χ4n) is 1.33. The smallest absolute Gasteiger partial charge is 0.309 e. The quantitative estimate of drug-likeness (QED) is 0.849. The molecule has 0 bridgehead atoms.